The predicted molar refractivity (Wildman–Crippen MR) is 92.4 cm³/mol. The molecule has 0 aromatic rings. The van der Waals surface area contributed by atoms with Crippen LogP contribution in [0.4, 0.5) is 0 Å². The number of hydrogen-bond donors (Lipinski definition) is 0. The second-order valence-electron chi connectivity index (χ2n) is 5.80. The highest BCUT2D eigenvalue weighted by Gasteiger charge is 1.91. The molecule has 0 aliphatic carbocycles. The minimum Gasteiger partial charge on any atom is -0.103 e. The van der Waals surface area contributed by atoms with Gasteiger partial charge in [0.1, 0.15) is 0 Å². The summed E-state index contributed by atoms with van der Waals surface area (Å²) in [6.07, 6.45) is 20.6. The Hall–Kier alpha value is -0.440. The highest BCUT2D eigenvalue weighted by Crippen LogP contribution is 2.10. The summed E-state index contributed by atoms with van der Waals surface area (Å²) >= 11 is 0. The normalized spacial score (nSPS) is 10.3. The van der Waals surface area contributed by atoms with E-state index in [0.29, 0.717) is 0 Å². The van der Waals surface area contributed by atoms with E-state index in [0.717, 1.165) is 25.7 Å². The SMILES string of the molecule is [CH2]CCCCCCC#CCCCCCCCCCC[CH2]. The summed E-state index contributed by atoms with van der Waals surface area (Å²) in [6, 6.07) is 0. The highest BCUT2D eigenvalue weighted by molar-refractivity contribution is 4.98. The van der Waals surface area contributed by atoms with Crippen LogP contribution in [0.25, 0.3) is 0 Å². The molecule has 0 fully saturated rings. The molecule has 0 N–H and O–H groups in total. The molecule has 0 saturated heterocycles. The van der Waals surface area contributed by atoms with Crippen LogP contribution in [-0.4, -0.2) is 0 Å². The van der Waals surface area contributed by atoms with Crippen LogP contribution in [0.15, 0.2) is 0 Å². The third-order valence-corrected chi connectivity index (χ3v) is 3.73. The molecular formula is C20H36. The average molecular weight is 277 g/mol. The molecule has 0 spiro atoms. The molecule has 0 saturated carbocycles. The Morgan fingerprint density at radius 2 is 0.700 bits per heavy atom. The molecule has 0 atom stereocenters. The quantitative estimate of drug-likeness (QED) is 0.239. The molecular weight excluding hydrogens is 240 g/mol. The summed E-state index contributed by atoms with van der Waals surface area (Å²) < 4.78 is 0. The van der Waals surface area contributed by atoms with Crippen LogP contribution in [0.5, 0.6) is 0 Å². The standard InChI is InChI=1S/C20H36/c1-3-5-7-9-11-13-15-17-19-20-18-16-14-12-10-8-6-4-2/h1-15,17,19-20H2. The van der Waals surface area contributed by atoms with Gasteiger partial charge in [-0.25, -0.2) is 0 Å². The van der Waals surface area contributed by atoms with Gasteiger partial charge in [0.15, 0.2) is 0 Å². The van der Waals surface area contributed by atoms with Crippen LogP contribution in [0, 0.1) is 25.7 Å². The van der Waals surface area contributed by atoms with E-state index in [4.69, 9.17) is 0 Å². The van der Waals surface area contributed by atoms with Crippen molar-refractivity contribution in [2.45, 2.75) is 103 Å². The van der Waals surface area contributed by atoms with Crippen molar-refractivity contribution < 1.29 is 0 Å². The molecule has 0 unspecified atom stereocenters. The monoisotopic (exact) mass is 276 g/mol. The maximum Gasteiger partial charge on any atom is 0.00886 e. The fourth-order valence-electron chi connectivity index (χ4n) is 2.37. The summed E-state index contributed by atoms with van der Waals surface area (Å²) in [5.41, 5.74) is 0. The molecule has 0 aliphatic heterocycles. The number of hydrogen-bond acceptors (Lipinski definition) is 0. The van der Waals surface area contributed by atoms with Crippen molar-refractivity contribution in [1.29, 1.82) is 0 Å². The van der Waals surface area contributed by atoms with Crippen LogP contribution in [0.3, 0.4) is 0 Å². The minimum absolute atomic E-state index is 1.08. The van der Waals surface area contributed by atoms with Crippen LogP contribution in [-0.2, 0) is 0 Å². The first kappa shape index (κ1) is 19.6. The summed E-state index contributed by atoms with van der Waals surface area (Å²) in [7, 11) is 0. The first-order valence-electron chi connectivity index (χ1n) is 8.96. The van der Waals surface area contributed by atoms with Crippen molar-refractivity contribution in [2.75, 3.05) is 0 Å². The number of unbranched alkanes of at least 4 members (excludes halogenated alkanes) is 14. The second-order valence-corrected chi connectivity index (χ2v) is 5.80. The zero-order valence-electron chi connectivity index (χ0n) is 13.7. The Morgan fingerprint density at radius 1 is 0.400 bits per heavy atom. The zero-order valence-corrected chi connectivity index (χ0v) is 13.7. The molecule has 116 valence electrons. The van der Waals surface area contributed by atoms with Gasteiger partial charge in [-0.2, -0.15) is 0 Å². The van der Waals surface area contributed by atoms with Gasteiger partial charge in [-0.1, -0.05) is 90.9 Å². The summed E-state index contributed by atoms with van der Waals surface area (Å²) in [4.78, 5) is 0. The van der Waals surface area contributed by atoms with Crippen molar-refractivity contribution in [3.8, 4) is 11.8 Å². The van der Waals surface area contributed by atoms with Crippen molar-refractivity contribution in [3.05, 3.63) is 13.8 Å². The van der Waals surface area contributed by atoms with Crippen LogP contribution in [0.2, 0.25) is 0 Å². The van der Waals surface area contributed by atoms with Crippen LogP contribution < -0.4 is 0 Å². The van der Waals surface area contributed by atoms with Crippen molar-refractivity contribution in [3.63, 3.8) is 0 Å². The van der Waals surface area contributed by atoms with Gasteiger partial charge in [0.05, 0.1) is 0 Å². The molecule has 0 aromatic heterocycles. The van der Waals surface area contributed by atoms with E-state index >= 15 is 0 Å². The largest absolute Gasteiger partial charge is 0.103 e. The predicted octanol–water partition coefficient (Wildman–Crippen LogP) is 6.90. The maximum absolute atomic E-state index is 3.88. The van der Waals surface area contributed by atoms with E-state index < -0.39 is 0 Å². The van der Waals surface area contributed by atoms with Crippen molar-refractivity contribution in [1.82, 2.24) is 0 Å². The number of rotatable bonds is 14. The molecule has 0 bridgehead atoms. The molecule has 0 amide bonds. The maximum atomic E-state index is 3.88. The molecule has 0 heterocycles. The fourth-order valence-corrected chi connectivity index (χ4v) is 2.37. The Balaban J connectivity index is 3.05. The van der Waals surface area contributed by atoms with E-state index in [2.05, 4.69) is 25.7 Å². The topological polar surface area (TPSA) is 0 Å². The Bertz CT molecular complexity index is 218. The highest BCUT2D eigenvalue weighted by atomic mass is 14.0. The van der Waals surface area contributed by atoms with E-state index in [1.807, 2.05) is 0 Å². The molecule has 20 heavy (non-hydrogen) atoms. The molecule has 0 aliphatic rings. The Morgan fingerprint density at radius 3 is 1.05 bits per heavy atom. The third kappa shape index (κ3) is 17.6. The lowest BCUT2D eigenvalue weighted by atomic mass is 10.1. The van der Waals surface area contributed by atoms with Crippen LogP contribution >= 0.6 is 0 Å². The van der Waals surface area contributed by atoms with Gasteiger partial charge in [-0.05, 0) is 12.8 Å². The van der Waals surface area contributed by atoms with E-state index in [9.17, 15) is 0 Å². The van der Waals surface area contributed by atoms with Gasteiger partial charge in [0.25, 0.3) is 0 Å². The smallest absolute Gasteiger partial charge is 0.00886 e. The van der Waals surface area contributed by atoms with E-state index in [1.165, 1.54) is 77.0 Å². The van der Waals surface area contributed by atoms with Crippen molar-refractivity contribution >= 4 is 0 Å². The summed E-state index contributed by atoms with van der Waals surface area (Å²) in [5.74, 6) is 6.64. The molecule has 0 heteroatoms. The summed E-state index contributed by atoms with van der Waals surface area (Å²) in [6.45, 7) is 7.74. The lowest BCUT2D eigenvalue weighted by Gasteiger charge is -2.00. The summed E-state index contributed by atoms with van der Waals surface area (Å²) in [5, 5.41) is 0. The van der Waals surface area contributed by atoms with Gasteiger partial charge in [-0.15, -0.1) is 11.8 Å². The first-order chi connectivity index (χ1) is 9.91. The molecule has 2 radical (unpaired) electrons. The lowest BCUT2D eigenvalue weighted by Crippen LogP contribution is -1.81. The van der Waals surface area contributed by atoms with Gasteiger partial charge in [-0.3, -0.25) is 0 Å². The minimum atomic E-state index is 1.08. The van der Waals surface area contributed by atoms with Gasteiger partial charge < -0.3 is 0 Å². The first-order valence-corrected chi connectivity index (χ1v) is 8.96. The lowest BCUT2D eigenvalue weighted by molar-refractivity contribution is 0.572. The molecule has 0 aromatic carbocycles. The van der Waals surface area contributed by atoms with Gasteiger partial charge >= 0.3 is 0 Å². The van der Waals surface area contributed by atoms with Crippen LogP contribution in [0.1, 0.15) is 103 Å². The Labute approximate surface area is 129 Å². The fraction of sp³-hybridized carbons (Fsp3) is 0.800. The zero-order chi connectivity index (χ0) is 14.7. The van der Waals surface area contributed by atoms with E-state index in [-0.39, 0.29) is 0 Å². The van der Waals surface area contributed by atoms with Gasteiger partial charge in [0.2, 0.25) is 0 Å². The van der Waals surface area contributed by atoms with Crippen molar-refractivity contribution in [2.24, 2.45) is 0 Å². The average Bonchev–Trinajstić information content (AvgIpc) is 2.47. The molecule has 0 nitrogen and oxygen atoms in total. The second kappa shape index (κ2) is 18.6. The Kier molecular flexibility index (Phi) is 18.2. The molecule has 0 rings (SSSR count). The van der Waals surface area contributed by atoms with E-state index in [1.54, 1.807) is 0 Å². The van der Waals surface area contributed by atoms with Gasteiger partial charge in [0, 0.05) is 12.8 Å². The third-order valence-electron chi connectivity index (χ3n) is 3.73.